The van der Waals surface area contributed by atoms with E-state index in [0.29, 0.717) is 23.9 Å². The second-order valence-corrected chi connectivity index (χ2v) is 17.9. The first-order chi connectivity index (χ1) is 26.0. The Bertz CT molecular complexity index is 980. The summed E-state index contributed by atoms with van der Waals surface area (Å²) in [6, 6.07) is -0.762. The molecule has 0 aromatic carbocycles. The first-order valence-electron chi connectivity index (χ1n) is 22.4. The van der Waals surface area contributed by atoms with Gasteiger partial charge in [0.25, 0.3) is 0 Å². The number of amides is 1. The van der Waals surface area contributed by atoms with Crippen LogP contribution in [-0.4, -0.2) is 73.4 Å². The number of hydrogen-bond donors (Lipinski definition) is 3. The molecule has 318 valence electrons. The number of nitrogens with one attached hydrogen (secondary N) is 1. The predicted octanol–water partition coefficient (Wildman–Crippen LogP) is 12.3. The lowest BCUT2D eigenvalue weighted by atomic mass is 10.0. The highest BCUT2D eigenvalue weighted by Gasteiger charge is 2.28. The minimum atomic E-state index is -4.31. The summed E-state index contributed by atoms with van der Waals surface area (Å²) in [5.74, 6) is -0.155. The molecule has 8 nitrogen and oxygen atoms in total. The summed E-state index contributed by atoms with van der Waals surface area (Å²) in [5.41, 5.74) is 0. The number of aliphatic hydroxyl groups excluding tert-OH is 1. The van der Waals surface area contributed by atoms with Crippen molar-refractivity contribution in [2.24, 2.45) is 0 Å². The van der Waals surface area contributed by atoms with Crippen LogP contribution in [-0.2, 0) is 18.4 Å². The number of phosphoric acid groups is 1. The number of carbonyl (C=O) groups excluding carboxylic acids is 1. The largest absolute Gasteiger partial charge is 0.472 e. The summed E-state index contributed by atoms with van der Waals surface area (Å²) in [4.78, 5) is 23.1. The van der Waals surface area contributed by atoms with Crippen LogP contribution in [0.2, 0.25) is 0 Å². The van der Waals surface area contributed by atoms with E-state index in [1.165, 1.54) is 109 Å². The number of phosphoric ester groups is 1. The fourth-order valence-corrected chi connectivity index (χ4v) is 7.02. The van der Waals surface area contributed by atoms with Gasteiger partial charge in [-0.3, -0.25) is 13.8 Å². The number of likely N-dealkylation sites (N-methyl/N-ethyl adjacent to an activating group) is 1. The molecule has 0 aromatic heterocycles. The van der Waals surface area contributed by atoms with Crippen LogP contribution in [0.15, 0.2) is 36.5 Å². The van der Waals surface area contributed by atoms with Crippen molar-refractivity contribution < 1.29 is 32.9 Å². The number of hydrogen-bond acceptors (Lipinski definition) is 5. The Hall–Kier alpha value is -1.28. The quantitative estimate of drug-likeness (QED) is 0.0247. The van der Waals surface area contributed by atoms with Crippen LogP contribution in [0.4, 0.5) is 0 Å². The normalized spacial score (nSPS) is 14.7. The zero-order chi connectivity index (χ0) is 40.0. The lowest BCUT2D eigenvalue weighted by Gasteiger charge is -2.26. The van der Waals surface area contributed by atoms with Crippen LogP contribution in [0, 0.1) is 0 Å². The molecule has 0 heterocycles. The molecule has 1 amide bonds. The number of aliphatic hydroxyl groups is 1. The third-order valence-corrected chi connectivity index (χ3v) is 10.9. The zero-order valence-electron chi connectivity index (χ0n) is 36.0. The van der Waals surface area contributed by atoms with Crippen molar-refractivity contribution in [3.05, 3.63) is 36.5 Å². The van der Waals surface area contributed by atoms with Gasteiger partial charge in [-0.1, -0.05) is 172 Å². The number of unbranched alkanes of at least 4 members (excludes halogenated alkanes) is 21. The van der Waals surface area contributed by atoms with Gasteiger partial charge in [-0.15, -0.1) is 0 Å². The van der Waals surface area contributed by atoms with E-state index in [1.54, 1.807) is 0 Å². The molecule has 3 N–H and O–H groups in total. The van der Waals surface area contributed by atoms with E-state index < -0.39 is 20.0 Å². The van der Waals surface area contributed by atoms with Gasteiger partial charge in [0.1, 0.15) is 13.2 Å². The van der Waals surface area contributed by atoms with Gasteiger partial charge in [0, 0.05) is 6.42 Å². The Balaban J connectivity index is 4.23. The maximum absolute atomic E-state index is 12.9. The van der Waals surface area contributed by atoms with Crippen LogP contribution in [0.5, 0.6) is 0 Å². The van der Waals surface area contributed by atoms with Crippen molar-refractivity contribution in [3.63, 3.8) is 0 Å². The number of allylic oxidation sites excluding steroid dienone is 6. The molecule has 0 radical (unpaired) electrons. The molecular weight excluding hydrogens is 695 g/mol. The van der Waals surface area contributed by atoms with E-state index in [1.807, 2.05) is 21.1 Å². The third kappa shape index (κ3) is 39.0. The third-order valence-electron chi connectivity index (χ3n) is 9.89. The first-order valence-corrected chi connectivity index (χ1v) is 23.8. The van der Waals surface area contributed by atoms with Crippen molar-refractivity contribution in [3.8, 4) is 0 Å². The van der Waals surface area contributed by atoms with Crippen molar-refractivity contribution in [2.75, 3.05) is 40.9 Å². The summed E-state index contributed by atoms with van der Waals surface area (Å²) in [5, 5.41) is 13.9. The molecule has 9 heteroatoms. The molecule has 0 rings (SSSR count). The van der Waals surface area contributed by atoms with Gasteiger partial charge in [-0.25, -0.2) is 4.57 Å². The highest BCUT2D eigenvalue weighted by Crippen LogP contribution is 2.43. The van der Waals surface area contributed by atoms with E-state index in [-0.39, 0.29) is 19.1 Å². The minimum absolute atomic E-state index is 0.0721. The summed E-state index contributed by atoms with van der Waals surface area (Å²) in [6.45, 7) is 4.84. The molecule has 3 unspecified atom stereocenters. The van der Waals surface area contributed by atoms with Crippen LogP contribution < -0.4 is 5.32 Å². The van der Waals surface area contributed by atoms with Crippen LogP contribution >= 0.6 is 7.82 Å². The summed E-state index contributed by atoms with van der Waals surface area (Å²) < 4.78 is 23.5. The number of nitrogens with zero attached hydrogens (tertiary/aromatic N) is 1. The van der Waals surface area contributed by atoms with Gasteiger partial charge in [0.2, 0.25) is 5.91 Å². The Morgan fingerprint density at radius 2 is 1.06 bits per heavy atom. The average Bonchev–Trinajstić information content (AvgIpc) is 3.12. The van der Waals surface area contributed by atoms with E-state index in [4.69, 9.17) is 9.05 Å². The highest BCUT2D eigenvalue weighted by atomic mass is 31.2. The molecule has 0 aliphatic carbocycles. The van der Waals surface area contributed by atoms with Crippen molar-refractivity contribution >= 4 is 13.7 Å². The van der Waals surface area contributed by atoms with E-state index >= 15 is 0 Å². The molecule has 0 spiro atoms. The van der Waals surface area contributed by atoms with Gasteiger partial charge >= 0.3 is 7.82 Å². The Morgan fingerprint density at radius 3 is 1.54 bits per heavy atom. The molecule has 0 saturated heterocycles. The molecule has 0 aliphatic heterocycles. The first kappa shape index (κ1) is 52.7. The van der Waals surface area contributed by atoms with Crippen molar-refractivity contribution in [1.82, 2.24) is 5.32 Å². The van der Waals surface area contributed by atoms with Gasteiger partial charge in [-0.05, 0) is 51.4 Å². The summed E-state index contributed by atoms with van der Waals surface area (Å²) in [7, 11) is 1.60. The maximum Gasteiger partial charge on any atom is 0.472 e. The van der Waals surface area contributed by atoms with Gasteiger partial charge < -0.3 is 19.8 Å². The second-order valence-electron chi connectivity index (χ2n) is 16.4. The second kappa shape index (κ2) is 37.3. The number of quaternary nitrogens is 1. The summed E-state index contributed by atoms with van der Waals surface area (Å²) in [6.07, 6.45) is 44.6. The highest BCUT2D eigenvalue weighted by molar-refractivity contribution is 7.47. The number of carbonyl (C=O) groups is 1. The Kier molecular flexibility index (Phi) is 36.4. The predicted molar refractivity (Wildman–Crippen MR) is 231 cm³/mol. The van der Waals surface area contributed by atoms with Gasteiger partial charge in [0.15, 0.2) is 0 Å². The number of rotatable bonds is 40. The molecule has 3 atom stereocenters. The SMILES string of the molecule is CCCCCCC/C=C\C/C=C\C/C=C\CCCCCCCCCCC(=O)NC(COP(=O)(O)OCC[N+](C)(C)C)C(O)CCCCCCCCCCC. The van der Waals surface area contributed by atoms with E-state index in [9.17, 15) is 19.4 Å². The summed E-state index contributed by atoms with van der Waals surface area (Å²) >= 11 is 0. The van der Waals surface area contributed by atoms with E-state index in [0.717, 1.165) is 57.8 Å². The molecule has 0 aromatic rings. The van der Waals surface area contributed by atoms with Gasteiger partial charge in [-0.2, -0.15) is 0 Å². The molecule has 54 heavy (non-hydrogen) atoms. The van der Waals surface area contributed by atoms with E-state index in [2.05, 4.69) is 55.6 Å². The molecule has 0 fully saturated rings. The fraction of sp³-hybridized carbons (Fsp3) is 0.844. The fourth-order valence-electron chi connectivity index (χ4n) is 6.29. The van der Waals surface area contributed by atoms with Crippen LogP contribution in [0.3, 0.4) is 0 Å². The van der Waals surface area contributed by atoms with Crippen LogP contribution in [0.1, 0.15) is 194 Å². The lowest BCUT2D eigenvalue weighted by molar-refractivity contribution is -0.870. The lowest BCUT2D eigenvalue weighted by Crippen LogP contribution is -2.46. The van der Waals surface area contributed by atoms with Crippen LogP contribution in [0.25, 0.3) is 0 Å². The standard InChI is InChI=1S/C45H87N2O6P/c1-6-8-10-12-14-16-17-18-19-20-21-22-23-24-25-26-27-28-29-31-33-35-37-39-45(49)46-43(42-53-54(50,51)52-41-40-47(3,4)5)44(48)38-36-34-32-30-15-13-11-9-7-2/h17-18,20-21,23-24,43-44,48H,6-16,19,22,25-42H2,1-5H3,(H-,46,49,50,51)/p+1/b18-17-,21-20-,24-23-. The monoisotopic (exact) mass is 784 g/mol. The Labute approximate surface area is 334 Å². The molecule has 0 aliphatic rings. The molecular formula is C45H88N2O6P+. The molecule has 0 bridgehead atoms. The smallest absolute Gasteiger partial charge is 0.391 e. The van der Waals surface area contributed by atoms with Crippen molar-refractivity contribution in [2.45, 2.75) is 206 Å². The zero-order valence-corrected chi connectivity index (χ0v) is 36.9. The Morgan fingerprint density at radius 1 is 0.630 bits per heavy atom. The minimum Gasteiger partial charge on any atom is -0.391 e. The molecule has 0 saturated carbocycles. The topological polar surface area (TPSA) is 105 Å². The average molecular weight is 784 g/mol. The maximum atomic E-state index is 12.9. The van der Waals surface area contributed by atoms with Gasteiger partial charge in [0.05, 0.1) is 39.9 Å². The van der Waals surface area contributed by atoms with Crippen molar-refractivity contribution in [1.29, 1.82) is 0 Å².